The number of hydrogen-bond donors (Lipinski definition) is 3. The number of nitrogens with one attached hydrogen (secondary N) is 2. The second-order valence-electron chi connectivity index (χ2n) is 6.57. The van der Waals surface area contributed by atoms with Crippen LogP contribution in [-0.2, 0) is 5.60 Å². The highest BCUT2D eigenvalue weighted by atomic mass is 127. The van der Waals surface area contributed by atoms with Crippen LogP contribution < -0.4 is 10.6 Å². The van der Waals surface area contributed by atoms with Crippen molar-refractivity contribution in [1.82, 2.24) is 10.6 Å². The maximum Gasteiger partial charge on any atom is 0.191 e. The summed E-state index contributed by atoms with van der Waals surface area (Å²) in [7, 11) is 0. The van der Waals surface area contributed by atoms with Gasteiger partial charge in [-0.3, -0.25) is 0 Å². The zero-order valence-electron chi connectivity index (χ0n) is 16.0. The van der Waals surface area contributed by atoms with Gasteiger partial charge in [0.05, 0.1) is 6.54 Å². The highest BCUT2D eigenvalue weighted by molar-refractivity contribution is 14.0. The Labute approximate surface area is 173 Å². The Balaban J connectivity index is 0.00000338. The number of guanidine groups is 1. The van der Waals surface area contributed by atoms with Gasteiger partial charge in [0.1, 0.15) is 17.1 Å². The lowest BCUT2D eigenvalue weighted by Gasteiger charge is -2.20. The number of halogens is 1. The van der Waals surface area contributed by atoms with Crippen molar-refractivity contribution in [1.29, 1.82) is 0 Å². The lowest BCUT2D eigenvalue weighted by atomic mass is 10.0. The first-order valence-electron chi connectivity index (χ1n) is 8.79. The van der Waals surface area contributed by atoms with E-state index in [1.54, 1.807) is 13.0 Å². The molecular weight excluding hydrogens is 441 g/mol. The predicted octanol–water partition coefficient (Wildman–Crippen LogP) is 3.77. The zero-order chi connectivity index (χ0) is 18.3. The zero-order valence-corrected chi connectivity index (χ0v) is 18.3. The van der Waals surface area contributed by atoms with Crippen LogP contribution in [0.3, 0.4) is 0 Å². The van der Waals surface area contributed by atoms with Gasteiger partial charge in [0.25, 0.3) is 0 Å². The highest BCUT2D eigenvalue weighted by Gasteiger charge is 2.26. The fourth-order valence-corrected chi connectivity index (χ4v) is 2.53. The van der Waals surface area contributed by atoms with Crippen molar-refractivity contribution in [2.75, 3.05) is 19.6 Å². The fraction of sp³-hybridized carbons (Fsp3) is 0.450. The summed E-state index contributed by atoms with van der Waals surface area (Å²) in [5.41, 5.74) is 0.144. The molecule has 1 aromatic heterocycles. The molecule has 0 spiro atoms. The van der Waals surface area contributed by atoms with Crippen LogP contribution >= 0.6 is 24.0 Å². The van der Waals surface area contributed by atoms with Gasteiger partial charge in [0.15, 0.2) is 5.96 Å². The van der Waals surface area contributed by atoms with Gasteiger partial charge in [-0.25, -0.2) is 4.99 Å². The van der Waals surface area contributed by atoms with Crippen molar-refractivity contribution in [3.8, 4) is 0 Å². The molecular formula is C20H30IN3O2. The third-order valence-corrected chi connectivity index (χ3v) is 4.10. The minimum absolute atomic E-state index is 0. The molecule has 0 saturated heterocycles. The maximum atomic E-state index is 10.6. The van der Waals surface area contributed by atoms with E-state index in [0.717, 1.165) is 18.8 Å². The van der Waals surface area contributed by atoms with E-state index in [0.29, 0.717) is 17.6 Å². The highest BCUT2D eigenvalue weighted by Crippen LogP contribution is 2.23. The van der Waals surface area contributed by atoms with Gasteiger partial charge in [-0.15, -0.1) is 24.0 Å². The summed E-state index contributed by atoms with van der Waals surface area (Å²) in [4.78, 5) is 4.52. The van der Waals surface area contributed by atoms with E-state index in [2.05, 4.69) is 34.7 Å². The van der Waals surface area contributed by atoms with E-state index in [1.165, 1.54) is 5.56 Å². The van der Waals surface area contributed by atoms with Crippen molar-refractivity contribution >= 4 is 29.9 Å². The molecule has 2 aromatic rings. The van der Waals surface area contributed by atoms with E-state index in [4.69, 9.17) is 4.42 Å². The minimum atomic E-state index is -1.14. The van der Waals surface area contributed by atoms with Gasteiger partial charge >= 0.3 is 0 Å². The second kappa shape index (κ2) is 10.6. The molecule has 0 aliphatic carbocycles. The van der Waals surface area contributed by atoms with Gasteiger partial charge in [-0.1, -0.05) is 37.3 Å². The largest absolute Gasteiger partial charge is 0.463 e. The lowest BCUT2D eigenvalue weighted by Crippen LogP contribution is -2.40. The Morgan fingerprint density at radius 3 is 2.46 bits per heavy atom. The van der Waals surface area contributed by atoms with Crippen LogP contribution in [0.15, 0.2) is 51.9 Å². The minimum Gasteiger partial charge on any atom is -0.463 e. The monoisotopic (exact) mass is 471 g/mol. The van der Waals surface area contributed by atoms with Crippen molar-refractivity contribution in [2.45, 2.75) is 39.2 Å². The normalized spacial score (nSPS) is 14.9. The van der Waals surface area contributed by atoms with Gasteiger partial charge < -0.3 is 20.2 Å². The summed E-state index contributed by atoms with van der Waals surface area (Å²) in [6.07, 6.45) is 0. The molecule has 0 fully saturated rings. The molecule has 5 nitrogen and oxygen atoms in total. The average Bonchev–Trinajstić information content (AvgIpc) is 3.05. The van der Waals surface area contributed by atoms with Gasteiger partial charge in [-0.05, 0) is 44.4 Å². The van der Waals surface area contributed by atoms with Crippen molar-refractivity contribution in [2.24, 2.45) is 4.99 Å². The van der Waals surface area contributed by atoms with Gasteiger partial charge in [-0.2, -0.15) is 0 Å². The van der Waals surface area contributed by atoms with E-state index in [1.807, 2.05) is 38.1 Å². The molecule has 1 aromatic carbocycles. The molecule has 0 bridgehead atoms. The Morgan fingerprint density at radius 2 is 1.88 bits per heavy atom. The van der Waals surface area contributed by atoms with Crippen LogP contribution in [0.5, 0.6) is 0 Å². The molecule has 2 rings (SSSR count). The van der Waals surface area contributed by atoms with Crippen LogP contribution in [0.25, 0.3) is 0 Å². The molecule has 144 valence electrons. The number of nitrogens with zero attached hydrogens (tertiary/aromatic N) is 1. The number of aryl methyl sites for hydroxylation is 1. The molecule has 26 heavy (non-hydrogen) atoms. The van der Waals surface area contributed by atoms with E-state index < -0.39 is 5.60 Å². The molecule has 3 N–H and O–H groups in total. The van der Waals surface area contributed by atoms with Crippen LogP contribution in [0.1, 0.15) is 43.8 Å². The van der Waals surface area contributed by atoms with E-state index >= 15 is 0 Å². The molecule has 0 amide bonds. The van der Waals surface area contributed by atoms with Crippen LogP contribution in [0, 0.1) is 6.92 Å². The number of rotatable bonds is 7. The summed E-state index contributed by atoms with van der Waals surface area (Å²) >= 11 is 0. The number of aliphatic imine (C=N–C) groups is 1. The summed E-state index contributed by atoms with van der Waals surface area (Å²) < 4.78 is 5.54. The number of benzene rings is 1. The van der Waals surface area contributed by atoms with Crippen molar-refractivity contribution in [3.05, 3.63) is 59.5 Å². The van der Waals surface area contributed by atoms with Gasteiger partial charge in [0, 0.05) is 13.1 Å². The predicted molar refractivity (Wildman–Crippen MR) is 117 cm³/mol. The molecule has 0 radical (unpaired) electrons. The summed E-state index contributed by atoms with van der Waals surface area (Å²) in [6.45, 7) is 9.50. The Hall–Kier alpha value is -1.54. The number of hydrogen-bond acceptors (Lipinski definition) is 3. The van der Waals surface area contributed by atoms with Crippen LogP contribution in [-0.4, -0.2) is 30.7 Å². The molecule has 1 heterocycles. The molecule has 0 aliphatic heterocycles. The fourth-order valence-electron chi connectivity index (χ4n) is 2.53. The van der Waals surface area contributed by atoms with Crippen molar-refractivity contribution in [3.63, 3.8) is 0 Å². The number of aliphatic hydroxyl groups is 1. The molecule has 2 atom stereocenters. The molecule has 6 heteroatoms. The quantitative estimate of drug-likeness (QED) is 0.327. The third kappa shape index (κ3) is 6.64. The van der Waals surface area contributed by atoms with Crippen LogP contribution in [0.2, 0.25) is 0 Å². The Morgan fingerprint density at radius 1 is 1.19 bits per heavy atom. The summed E-state index contributed by atoms with van der Waals surface area (Å²) in [6, 6.07) is 14.0. The molecule has 0 aliphatic rings. The standard InChI is InChI=1S/C20H29N3O2.HI/c1-5-21-19(22-13-15(2)17-9-7-6-8-10-17)23-14-20(4,24)18-12-11-16(3)25-18;/h6-12,15,24H,5,13-14H2,1-4H3,(H2,21,22,23);1H. The average molecular weight is 471 g/mol. The van der Waals surface area contributed by atoms with E-state index in [-0.39, 0.29) is 30.5 Å². The topological polar surface area (TPSA) is 69.8 Å². The van der Waals surface area contributed by atoms with Crippen LogP contribution in [0.4, 0.5) is 0 Å². The first-order valence-corrected chi connectivity index (χ1v) is 8.79. The maximum absolute atomic E-state index is 10.6. The van der Waals surface area contributed by atoms with Gasteiger partial charge in [0.2, 0.25) is 0 Å². The summed E-state index contributed by atoms with van der Waals surface area (Å²) in [5, 5.41) is 17.2. The number of furan rings is 1. The Bertz CT molecular complexity index is 683. The molecule has 0 saturated carbocycles. The summed E-state index contributed by atoms with van der Waals surface area (Å²) in [5.74, 6) is 2.36. The van der Waals surface area contributed by atoms with E-state index in [9.17, 15) is 5.11 Å². The second-order valence-corrected chi connectivity index (χ2v) is 6.57. The third-order valence-electron chi connectivity index (χ3n) is 4.10. The SMILES string of the molecule is CCNC(=NCC(C)(O)c1ccc(C)o1)NCC(C)c1ccccc1.I. The lowest BCUT2D eigenvalue weighted by molar-refractivity contribution is 0.0428. The first-order chi connectivity index (χ1) is 11.9. The molecule has 2 unspecified atom stereocenters. The first kappa shape index (κ1) is 22.5. The van der Waals surface area contributed by atoms with Crippen molar-refractivity contribution < 1.29 is 9.52 Å². The Kier molecular flexibility index (Phi) is 9.15. The smallest absolute Gasteiger partial charge is 0.191 e.